The van der Waals surface area contributed by atoms with Gasteiger partial charge in [0.25, 0.3) is 11.8 Å². The highest BCUT2D eigenvalue weighted by Crippen LogP contribution is 2.44. The zero-order valence-electron chi connectivity index (χ0n) is 28.6. The van der Waals surface area contributed by atoms with Crippen molar-refractivity contribution < 1.29 is 50.6 Å². The number of benzene rings is 1. The van der Waals surface area contributed by atoms with E-state index in [-0.39, 0.29) is 63.3 Å². The zero-order chi connectivity index (χ0) is 37.9. The normalized spacial score (nSPS) is 20.8. The third-order valence-corrected chi connectivity index (χ3v) is 11.5. The van der Waals surface area contributed by atoms with Crippen LogP contribution in [-0.2, 0) is 27.5 Å². The van der Waals surface area contributed by atoms with E-state index in [1.165, 1.54) is 23.6 Å². The van der Waals surface area contributed by atoms with E-state index in [1.54, 1.807) is 19.1 Å². The number of hydrogen-bond donors (Lipinski definition) is 1. The number of aliphatic hydroxyl groups is 1. The Morgan fingerprint density at radius 2 is 1.73 bits per heavy atom. The molecule has 0 bridgehead atoms. The Bertz CT molecular complexity index is 1760. The molecule has 2 fully saturated rings. The third kappa shape index (κ3) is 8.44. The number of aromatic nitrogens is 1. The fourth-order valence-electron chi connectivity index (χ4n) is 6.97. The molecule has 2 amide bonds. The van der Waals surface area contributed by atoms with Crippen LogP contribution in [0.25, 0.3) is 0 Å². The van der Waals surface area contributed by atoms with Gasteiger partial charge in [-0.25, -0.2) is 0 Å². The Balaban J connectivity index is 1.50. The summed E-state index contributed by atoms with van der Waals surface area (Å²) >= 11 is 1.81. The molecule has 0 aliphatic carbocycles. The minimum Gasteiger partial charge on any atom is -0.474 e. The molecule has 3 aromatic rings. The van der Waals surface area contributed by atoms with Gasteiger partial charge in [-0.15, -0.1) is 23.1 Å². The molecule has 282 valence electrons. The number of halogens is 6. The number of ether oxygens (including phenoxy) is 1. The lowest BCUT2D eigenvalue weighted by atomic mass is 9.78. The van der Waals surface area contributed by atoms with E-state index in [1.807, 2.05) is 12.1 Å². The molecular weight excluding hydrogens is 733 g/mol. The van der Waals surface area contributed by atoms with Crippen molar-refractivity contribution in [2.24, 2.45) is 0 Å². The Labute approximate surface area is 305 Å². The summed E-state index contributed by atoms with van der Waals surface area (Å²) in [5.74, 6) is -1.40. The van der Waals surface area contributed by atoms with Gasteiger partial charge in [0.1, 0.15) is 22.1 Å². The van der Waals surface area contributed by atoms with Gasteiger partial charge in [-0.3, -0.25) is 19.4 Å². The molecule has 0 spiro atoms. The molecule has 2 aliphatic rings. The average molecular weight is 772 g/mol. The predicted molar refractivity (Wildman–Crippen MR) is 183 cm³/mol. The predicted octanol–water partition coefficient (Wildman–Crippen LogP) is 7.98. The number of thioether (sulfide) groups is 1. The van der Waals surface area contributed by atoms with E-state index in [0.717, 1.165) is 39.6 Å². The Kier molecular flexibility index (Phi) is 12.0. The van der Waals surface area contributed by atoms with Crippen LogP contribution in [0, 0.1) is 0 Å². The zero-order valence-corrected chi connectivity index (χ0v) is 30.2. The van der Waals surface area contributed by atoms with Crippen LogP contribution in [0.15, 0.2) is 58.9 Å². The molecule has 8 nitrogen and oxygen atoms in total. The van der Waals surface area contributed by atoms with Gasteiger partial charge in [0, 0.05) is 60.8 Å². The van der Waals surface area contributed by atoms with Gasteiger partial charge in [0.05, 0.1) is 17.2 Å². The minimum absolute atomic E-state index is 0.0234. The molecule has 1 N–H and O–H groups in total. The molecule has 52 heavy (non-hydrogen) atoms. The van der Waals surface area contributed by atoms with Crippen LogP contribution in [0.4, 0.5) is 26.3 Å². The summed E-state index contributed by atoms with van der Waals surface area (Å²) in [7, 11) is 0. The number of nitrogens with zero attached hydrogens (tertiary/aromatic N) is 3. The highest BCUT2D eigenvalue weighted by atomic mass is 32.2. The number of pyridine rings is 1. The number of ketones is 1. The SMILES string of the molecule is CCC[C@H]1N(C(=O)c2ncccc2C(F)(F)F)CCC[C@@]1(Oc1csc(C(F)(F)F)c1)C(=O)N1CCC(O)(c2ccccc2SCCC(C)=O)CC1. The molecule has 5 rings (SSSR count). The quantitative estimate of drug-likeness (QED) is 0.156. The first kappa shape index (κ1) is 39.6. The second-order valence-corrected chi connectivity index (χ2v) is 15.1. The molecule has 4 heterocycles. The van der Waals surface area contributed by atoms with Crippen LogP contribution in [0.1, 0.15) is 85.3 Å². The van der Waals surface area contributed by atoms with Gasteiger partial charge in [-0.05, 0) is 56.4 Å². The molecule has 2 atom stereocenters. The van der Waals surface area contributed by atoms with Crippen LogP contribution < -0.4 is 4.74 Å². The Morgan fingerprint density at radius 3 is 2.37 bits per heavy atom. The lowest BCUT2D eigenvalue weighted by Crippen LogP contribution is -2.68. The van der Waals surface area contributed by atoms with Crippen molar-refractivity contribution in [2.75, 3.05) is 25.4 Å². The number of thiophene rings is 1. The van der Waals surface area contributed by atoms with E-state index in [0.29, 0.717) is 35.5 Å². The number of hydrogen-bond acceptors (Lipinski definition) is 8. The summed E-state index contributed by atoms with van der Waals surface area (Å²) in [5, 5.41) is 13.0. The smallest absolute Gasteiger partial charge is 0.425 e. The first-order valence-corrected chi connectivity index (χ1v) is 18.8. The maximum atomic E-state index is 14.8. The van der Waals surface area contributed by atoms with Gasteiger partial charge >= 0.3 is 12.4 Å². The summed E-state index contributed by atoms with van der Waals surface area (Å²) in [4.78, 5) is 46.6. The second kappa shape index (κ2) is 15.8. The number of piperidine rings is 2. The molecule has 2 aliphatic heterocycles. The van der Waals surface area contributed by atoms with Crippen molar-refractivity contribution in [1.29, 1.82) is 0 Å². The van der Waals surface area contributed by atoms with Gasteiger partial charge < -0.3 is 19.6 Å². The first-order chi connectivity index (χ1) is 24.5. The van der Waals surface area contributed by atoms with Crippen LogP contribution in [0.5, 0.6) is 5.75 Å². The minimum atomic E-state index is -4.90. The van der Waals surface area contributed by atoms with Crippen LogP contribution in [0.2, 0.25) is 0 Å². The number of rotatable bonds is 11. The molecule has 2 saturated heterocycles. The topological polar surface area (TPSA) is 100 Å². The van der Waals surface area contributed by atoms with E-state index >= 15 is 0 Å². The maximum Gasteiger partial charge on any atom is 0.425 e. The van der Waals surface area contributed by atoms with Crippen molar-refractivity contribution in [3.8, 4) is 5.75 Å². The van der Waals surface area contributed by atoms with Crippen molar-refractivity contribution in [3.63, 3.8) is 0 Å². The van der Waals surface area contributed by atoms with Crippen molar-refractivity contribution in [2.45, 2.75) is 93.3 Å². The monoisotopic (exact) mass is 771 g/mol. The number of likely N-dealkylation sites (tertiary alicyclic amines) is 2. The summed E-state index contributed by atoms with van der Waals surface area (Å²) < 4.78 is 89.3. The van der Waals surface area contributed by atoms with Gasteiger partial charge in [0.15, 0.2) is 0 Å². The Morgan fingerprint density at radius 1 is 1.02 bits per heavy atom. The van der Waals surface area contributed by atoms with Crippen LogP contribution in [0.3, 0.4) is 0 Å². The summed E-state index contributed by atoms with van der Waals surface area (Å²) in [6, 6.07) is 8.67. The van der Waals surface area contributed by atoms with Crippen molar-refractivity contribution >= 4 is 40.7 Å². The standard InChI is InChI=1S/C36H39F6N3O5S2/c1-3-8-28-34(50-24-21-29(52-22-24)36(40,41)42,13-7-17-45(28)31(47)30-26(35(37,38)39)10-6-16-43-30)32(48)44-18-14-33(49,15-19-44)25-9-4-5-11-27(25)51-20-12-23(2)46/h4-6,9-11,16,21-22,28,49H,3,7-8,12-15,17-20H2,1-2H3/t28-,34+/m1/s1. The number of carbonyl (C=O) groups is 3. The van der Waals surface area contributed by atoms with E-state index in [2.05, 4.69) is 4.98 Å². The lowest BCUT2D eigenvalue weighted by Gasteiger charge is -2.51. The fraction of sp³-hybridized carbons (Fsp3) is 0.500. The van der Waals surface area contributed by atoms with Crippen LogP contribution in [-0.4, -0.2) is 74.5 Å². The molecule has 0 saturated carbocycles. The second-order valence-electron chi connectivity index (χ2n) is 13.1. The molecule has 2 aromatic heterocycles. The first-order valence-electron chi connectivity index (χ1n) is 16.9. The molecule has 0 radical (unpaired) electrons. The maximum absolute atomic E-state index is 14.8. The number of Topliss-reactive ketones (excluding diaryl/α,β-unsaturated/α-hetero) is 1. The molecule has 0 unspecified atom stereocenters. The average Bonchev–Trinajstić information content (AvgIpc) is 3.58. The van der Waals surface area contributed by atoms with Crippen molar-refractivity contribution in [1.82, 2.24) is 14.8 Å². The summed E-state index contributed by atoms with van der Waals surface area (Å²) in [5.41, 5.74) is -4.76. The Hall–Kier alpha value is -3.63. The fourth-order valence-corrected chi connectivity index (χ4v) is 8.85. The van der Waals surface area contributed by atoms with Crippen molar-refractivity contribution in [3.05, 3.63) is 75.7 Å². The van der Waals surface area contributed by atoms with Gasteiger partial charge in [-0.1, -0.05) is 31.5 Å². The summed E-state index contributed by atoms with van der Waals surface area (Å²) in [6.45, 7) is 3.27. The lowest BCUT2D eigenvalue weighted by molar-refractivity contribution is -0.163. The largest absolute Gasteiger partial charge is 0.474 e. The number of amides is 2. The third-order valence-electron chi connectivity index (χ3n) is 9.50. The highest BCUT2D eigenvalue weighted by Gasteiger charge is 2.56. The number of carbonyl (C=O) groups excluding carboxylic acids is 3. The molecule has 16 heteroatoms. The van der Waals surface area contributed by atoms with Gasteiger partial charge in [0.2, 0.25) is 5.60 Å². The van der Waals surface area contributed by atoms with E-state index in [9.17, 15) is 45.8 Å². The van der Waals surface area contributed by atoms with Crippen LogP contribution >= 0.6 is 23.1 Å². The van der Waals surface area contributed by atoms with E-state index < -0.39 is 57.5 Å². The molecule has 1 aromatic carbocycles. The summed E-state index contributed by atoms with van der Waals surface area (Å²) in [6.07, 6.45) is -7.46. The van der Waals surface area contributed by atoms with Gasteiger partial charge in [-0.2, -0.15) is 26.3 Å². The number of alkyl halides is 6. The van der Waals surface area contributed by atoms with E-state index in [4.69, 9.17) is 4.74 Å². The highest BCUT2D eigenvalue weighted by molar-refractivity contribution is 7.99. The molecular formula is C36H39F6N3O5S2.